The molecule has 0 aliphatic carbocycles. The predicted octanol–water partition coefficient (Wildman–Crippen LogP) is 2.18. The summed E-state index contributed by atoms with van der Waals surface area (Å²) in [4.78, 5) is 27.1. The first-order valence-electron chi connectivity index (χ1n) is 7.69. The lowest BCUT2D eigenvalue weighted by atomic mass is 10.1. The number of carboxylic acid groups (broad SMARTS) is 1. The van der Waals surface area contributed by atoms with E-state index in [1.165, 1.54) is 0 Å². The highest BCUT2D eigenvalue weighted by Crippen LogP contribution is 2.15. The van der Waals surface area contributed by atoms with Gasteiger partial charge in [0.25, 0.3) is 0 Å². The van der Waals surface area contributed by atoms with E-state index in [1.807, 2.05) is 32.6 Å². The second-order valence-electron chi connectivity index (χ2n) is 6.50. The van der Waals surface area contributed by atoms with Crippen LogP contribution in [0.1, 0.15) is 47.0 Å². The van der Waals surface area contributed by atoms with E-state index in [2.05, 4.69) is 0 Å². The van der Waals surface area contributed by atoms with Gasteiger partial charge in [-0.05, 0) is 33.6 Å². The van der Waals surface area contributed by atoms with Gasteiger partial charge >= 0.3 is 12.1 Å². The van der Waals surface area contributed by atoms with Gasteiger partial charge in [0.1, 0.15) is 11.6 Å². The summed E-state index contributed by atoms with van der Waals surface area (Å²) in [6.07, 6.45) is 1.93. The Morgan fingerprint density at radius 2 is 1.86 bits per heavy atom. The summed E-state index contributed by atoms with van der Waals surface area (Å²) in [6.45, 7) is 9.93. The number of carbonyl (C=O) groups is 2. The number of carboxylic acids is 1. The van der Waals surface area contributed by atoms with Gasteiger partial charge in [-0.25, -0.2) is 4.79 Å². The molecule has 0 spiro atoms. The van der Waals surface area contributed by atoms with Gasteiger partial charge in [-0.1, -0.05) is 13.3 Å². The Morgan fingerprint density at radius 3 is 2.38 bits per heavy atom. The maximum absolute atomic E-state index is 12.1. The average Bonchev–Trinajstić information content (AvgIpc) is 2.59. The lowest BCUT2D eigenvalue weighted by Gasteiger charge is -2.28. The molecule has 6 heteroatoms. The van der Waals surface area contributed by atoms with Crippen LogP contribution in [-0.2, 0) is 9.53 Å². The Morgan fingerprint density at radius 1 is 1.19 bits per heavy atom. The number of hydrogen-bond acceptors (Lipinski definition) is 4. The SMILES string of the molecule is CCCC(C(=O)O)N1CCCN(C(=O)OC(C)(C)C)CC1. The van der Waals surface area contributed by atoms with Gasteiger partial charge < -0.3 is 14.7 Å². The molecule has 21 heavy (non-hydrogen) atoms. The number of hydrogen-bond donors (Lipinski definition) is 1. The molecule has 6 nitrogen and oxygen atoms in total. The largest absolute Gasteiger partial charge is 0.480 e. The van der Waals surface area contributed by atoms with Crippen LogP contribution in [0.4, 0.5) is 4.79 Å². The summed E-state index contributed by atoms with van der Waals surface area (Å²) in [6, 6.07) is -0.450. The number of amides is 1. The van der Waals surface area contributed by atoms with Crippen molar-refractivity contribution in [3.63, 3.8) is 0 Å². The van der Waals surface area contributed by atoms with Gasteiger partial charge in [0, 0.05) is 26.2 Å². The highest BCUT2D eigenvalue weighted by molar-refractivity contribution is 5.73. The topological polar surface area (TPSA) is 70.1 Å². The zero-order valence-electron chi connectivity index (χ0n) is 13.6. The fourth-order valence-electron chi connectivity index (χ4n) is 2.49. The minimum atomic E-state index is -0.775. The summed E-state index contributed by atoms with van der Waals surface area (Å²) in [5.41, 5.74) is -0.505. The van der Waals surface area contributed by atoms with E-state index in [-0.39, 0.29) is 6.09 Å². The van der Waals surface area contributed by atoms with Crippen molar-refractivity contribution in [3.05, 3.63) is 0 Å². The van der Waals surface area contributed by atoms with E-state index in [4.69, 9.17) is 4.74 Å². The van der Waals surface area contributed by atoms with Crippen LogP contribution in [0.3, 0.4) is 0 Å². The molecule has 1 aliphatic heterocycles. The van der Waals surface area contributed by atoms with Gasteiger partial charge in [0.2, 0.25) is 0 Å². The fourth-order valence-corrected chi connectivity index (χ4v) is 2.49. The highest BCUT2D eigenvalue weighted by Gasteiger charge is 2.29. The Labute approximate surface area is 127 Å². The van der Waals surface area contributed by atoms with E-state index in [1.54, 1.807) is 4.90 Å². The lowest BCUT2D eigenvalue weighted by Crippen LogP contribution is -2.44. The quantitative estimate of drug-likeness (QED) is 0.861. The molecule has 0 aromatic rings. The van der Waals surface area contributed by atoms with Crippen LogP contribution >= 0.6 is 0 Å². The van der Waals surface area contributed by atoms with E-state index in [0.29, 0.717) is 32.6 Å². The summed E-state index contributed by atoms with van der Waals surface area (Å²) < 4.78 is 5.38. The molecule has 1 heterocycles. The minimum Gasteiger partial charge on any atom is -0.480 e. The van der Waals surface area contributed by atoms with Crippen LogP contribution in [-0.4, -0.2) is 64.8 Å². The van der Waals surface area contributed by atoms with Gasteiger partial charge in [0.15, 0.2) is 0 Å². The van der Waals surface area contributed by atoms with Crippen molar-refractivity contribution < 1.29 is 19.4 Å². The molecular weight excluding hydrogens is 272 g/mol. The van der Waals surface area contributed by atoms with Crippen molar-refractivity contribution >= 4 is 12.1 Å². The molecule has 1 N–H and O–H groups in total. The third-order valence-corrected chi connectivity index (χ3v) is 3.47. The molecule has 1 rings (SSSR count). The van der Waals surface area contributed by atoms with Crippen molar-refractivity contribution in [2.75, 3.05) is 26.2 Å². The van der Waals surface area contributed by atoms with Crippen LogP contribution < -0.4 is 0 Å². The van der Waals surface area contributed by atoms with Gasteiger partial charge in [-0.2, -0.15) is 0 Å². The normalized spacial score (nSPS) is 19.0. The first kappa shape index (κ1) is 17.8. The predicted molar refractivity (Wildman–Crippen MR) is 80.3 cm³/mol. The van der Waals surface area contributed by atoms with E-state index in [9.17, 15) is 14.7 Å². The second-order valence-corrected chi connectivity index (χ2v) is 6.50. The molecule has 1 unspecified atom stereocenters. The first-order chi connectivity index (χ1) is 9.74. The third kappa shape index (κ3) is 5.91. The Bertz CT molecular complexity index is 365. The van der Waals surface area contributed by atoms with Crippen LogP contribution in [0.25, 0.3) is 0 Å². The van der Waals surface area contributed by atoms with Crippen molar-refractivity contribution in [2.45, 2.75) is 58.6 Å². The zero-order valence-corrected chi connectivity index (χ0v) is 13.6. The minimum absolute atomic E-state index is 0.313. The Balaban J connectivity index is 2.60. The number of carbonyl (C=O) groups excluding carboxylic acids is 1. The molecule has 1 atom stereocenters. The maximum atomic E-state index is 12.1. The molecular formula is C15H28N2O4. The standard InChI is InChI=1S/C15H28N2O4/c1-5-7-12(13(18)19)16-8-6-9-17(11-10-16)14(20)21-15(2,3)4/h12H,5-11H2,1-4H3,(H,18,19). The number of rotatable bonds is 4. The summed E-state index contributed by atoms with van der Waals surface area (Å²) in [7, 11) is 0. The third-order valence-electron chi connectivity index (χ3n) is 3.47. The summed E-state index contributed by atoms with van der Waals surface area (Å²) >= 11 is 0. The zero-order chi connectivity index (χ0) is 16.0. The summed E-state index contributed by atoms with van der Waals surface area (Å²) in [5, 5.41) is 9.33. The average molecular weight is 300 g/mol. The van der Waals surface area contributed by atoms with Crippen LogP contribution in [0, 0.1) is 0 Å². The van der Waals surface area contributed by atoms with Crippen LogP contribution in [0.2, 0.25) is 0 Å². The van der Waals surface area contributed by atoms with Crippen LogP contribution in [0.15, 0.2) is 0 Å². The lowest BCUT2D eigenvalue weighted by molar-refractivity contribution is -0.143. The first-order valence-corrected chi connectivity index (χ1v) is 7.69. The van der Waals surface area contributed by atoms with Crippen LogP contribution in [0.5, 0.6) is 0 Å². The van der Waals surface area contributed by atoms with Crippen molar-refractivity contribution in [1.29, 1.82) is 0 Å². The Hall–Kier alpha value is -1.30. The molecule has 0 bridgehead atoms. The molecule has 1 aliphatic rings. The molecule has 1 saturated heterocycles. The van der Waals surface area contributed by atoms with Gasteiger partial charge in [-0.3, -0.25) is 9.69 Å². The molecule has 1 amide bonds. The van der Waals surface area contributed by atoms with E-state index in [0.717, 1.165) is 12.8 Å². The van der Waals surface area contributed by atoms with Crippen molar-refractivity contribution in [1.82, 2.24) is 9.80 Å². The van der Waals surface area contributed by atoms with Crippen molar-refractivity contribution in [2.24, 2.45) is 0 Å². The van der Waals surface area contributed by atoms with E-state index >= 15 is 0 Å². The molecule has 0 saturated carbocycles. The Kier molecular flexibility index (Phi) is 6.45. The molecule has 122 valence electrons. The fraction of sp³-hybridized carbons (Fsp3) is 0.867. The number of aliphatic carboxylic acids is 1. The molecule has 0 aromatic carbocycles. The van der Waals surface area contributed by atoms with E-state index < -0.39 is 17.6 Å². The molecule has 0 aromatic heterocycles. The summed E-state index contributed by atoms with van der Waals surface area (Å²) in [5.74, 6) is -0.775. The van der Waals surface area contributed by atoms with Crippen molar-refractivity contribution in [3.8, 4) is 0 Å². The van der Waals surface area contributed by atoms with Gasteiger partial charge in [0.05, 0.1) is 0 Å². The van der Waals surface area contributed by atoms with Gasteiger partial charge in [-0.15, -0.1) is 0 Å². The smallest absolute Gasteiger partial charge is 0.410 e. The molecule has 1 fully saturated rings. The maximum Gasteiger partial charge on any atom is 0.410 e. The monoisotopic (exact) mass is 300 g/mol. The second kappa shape index (κ2) is 7.64. The number of nitrogens with zero attached hydrogens (tertiary/aromatic N) is 2. The highest BCUT2D eigenvalue weighted by atomic mass is 16.6. The number of ether oxygens (including phenoxy) is 1. The molecule has 0 radical (unpaired) electrons.